The topological polar surface area (TPSA) is 9.23 Å². The molecule has 0 heterocycles. The van der Waals surface area contributed by atoms with E-state index >= 15 is 0 Å². The third kappa shape index (κ3) is 2.34. The summed E-state index contributed by atoms with van der Waals surface area (Å²) in [7, 11) is 1.55. The van der Waals surface area contributed by atoms with E-state index in [1.54, 1.807) is 13.2 Å². The summed E-state index contributed by atoms with van der Waals surface area (Å²) in [6.45, 7) is 1.95. The molecule has 0 saturated carbocycles. The van der Waals surface area contributed by atoms with E-state index in [1.165, 1.54) is 12.1 Å². The van der Waals surface area contributed by atoms with Crippen molar-refractivity contribution in [3.05, 3.63) is 29.6 Å². The Labute approximate surface area is 82.5 Å². The maximum absolute atomic E-state index is 12.9. The average molecular weight is 203 g/mol. The lowest BCUT2D eigenvalue weighted by Crippen LogP contribution is -1.95. The average Bonchev–Trinajstić information content (AvgIpc) is 2.16. The predicted molar refractivity (Wildman–Crippen MR) is 51.8 cm³/mol. The summed E-state index contributed by atoms with van der Waals surface area (Å²) in [5.74, 6) is 0.359. The number of rotatable bonds is 3. The van der Waals surface area contributed by atoms with Crippen molar-refractivity contribution < 1.29 is 9.13 Å². The first-order valence-electron chi connectivity index (χ1n) is 4.16. The van der Waals surface area contributed by atoms with Gasteiger partial charge in [-0.25, -0.2) is 4.39 Å². The standard InChI is InChI=1S/C10H12ClFO/c1-3-9(11)8-6-7(12)4-5-10(8)13-2/h4-6,9H,3H2,1-2H3. The normalized spacial score (nSPS) is 12.6. The van der Waals surface area contributed by atoms with Gasteiger partial charge >= 0.3 is 0 Å². The second-order valence-corrected chi connectivity index (χ2v) is 3.29. The summed E-state index contributed by atoms with van der Waals surface area (Å²) in [6.07, 6.45) is 0.751. The molecule has 72 valence electrons. The Bertz CT molecular complexity index is 288. The number of ether oxygens (including phenoxy) is 1. The fourth-order valence-electron chi connectivity index (χ4n) is 1.17. The molecule has 0 bridgehead atoms. The van der Waals surface area contributed by atoms with Crippen LogP contribution in [-0.4, -0.2) is 7.11 Å². The largest absolute Gasteiger partial charge is 0.496 e. The monoisotopic (exact) mass is 202 g/mol. The second-order valence-electron chi connectivity index (χ2n) is 2.76. The molecule has 0 aromatic heterocycles. The van der Waals surface area contributed by atoms with E-state index in [1.807, 2.05) is 6.92 Å². The molecule has 13 heavy (non-hydrogen) atoms. The molecule has 3 heteroatoms. The van der Waals surface area contributed by atoms with Gasteiger partial charge in [0.05, 0.1) is 12.5 Å². The number of alkyl halides is 1. The van der Waals surface area contributed by atoms with Crippen molar-refractivity contribution >= 4 is 11.6 Å². The van der Waals surface area contributed by atoms with Gasteiger partial charge < -0.3 is 4.74 Å². The predicted octanol–water partition coefficient (Wildman–Crippen LogP) is 3.52. The molecule has 1 nitrogen and oxygen atoms in total. The first-order chi connectivity index (χ1) is 6.19. The Morgan fingerprint density at radius 3 is 2.77 bits per heavy atom. The highest BCUT2D eigenvalue weighted by atomic mass is 35.5. The van der Waals surface area contributed by atoms with Crippen LogP contribution >= 0.6 is 11.6 Å². The van der Waals surface area contributed by atoms with Crippen LogP contribution in [-0.2, 0) is 0 Å². The molecule has 0 radical (unpaired) electrons. The van der Waals surface area contributed by atoms with Gasteiger partial charge in [0.15, 0.2) is 0 Å². The quantitative estimate of drug-likeness (QED) is 0.682. The molecule has 1 aromatic rings. The first kappa shape index (κ1) is 10.3. The van der Waals surface area contributed by atoms with Gasteiger partial charge in [-0.3, -0.25) is 0 Å². The Morgan fingerprint density at radius 1 is 1.54 bits per heavy atom. The third-order valence-corrected chi connectivity index (χ3v) is 2.43. The zero-order valence-electron chi connectivity index (χ0n) is 7.68. The minimum atomic E-state index is -0.282. The van der Waals surface area contributed by atoms with E-state index in [4.69, 9.17) is 16.3 Å². The second kappa shape index (κ2) is 4.47. The molecule has 0 N–H and O–H groups in total. The van der Waals surface area contributed by atoms with E-state index in [9.17, 15) is 4.39 Å². The van der Waals surface area contributed by atoms with Crippen LogP contribution in [0.25, 0.3) is 0 Å². The van der Waals surface area contributed by atoms with Crippen molar-refractivity contribution in [1.29, 1.82) is 0 Å². The minimum Gasteiger partial charge on any atom is -0.496 e. The summed E-state index contributed by atoms with van der Waals surface area (Å²) in [6, 6.07) is 4.37. The Kier molecular flexibility index (Phi) is 3.55. The molecule has 0 amide bonds. The van der Waals surface area contributed by atoms with Gasteiger partial charge in [0, 0.05) is 5.56 Å². The molecule has 0 aliphatic carbocycles. The number of methoxy groups -OCH3 is 1. The van der Waals surface area contributed by atoms with E-state index in [2.05, 4.69) is 0 Å². The van der Waals surface area contributed by atoms with E-state index in [-0.39, 0.29) is 11.2 Å². The Hall–Kier alpha value is -0.760. The van der Waals surface area contributed by atoms with Crippen molar-refractivity contribution in [2.75, 3.05) is 7.11 Å². The molecule has 0 aliphatic heterocycles. The van der Waals surface area contributed by atoms with Gasteiger partial charge in [-0.1, -0.05) is 6.92 Å². The molecule has 0 fully saturated rings. The van der Waals surface area contributed by atoms with Crippen molar-refractivity contribution in [2.24, 2.45) is 0 Å². The maximum atomic E-state index is 12.9. The minimum absolute atomic E-state index is 0.189. The lowest BCUT2D eigenvalue weighted by atomic mass is 10.1. The van der Waals surface area contributed by atoms with Gasteiger partial charge in [0.1, 0.15) is 11.6 Å². The molecular formula is C10H12ClFO. The summed E-state index contributed by atoms with van der Waals surface area (Å²) in [5, 5.41) is -0.189. The summed E-state index contributed by atoms with van der Waals surface area (Å²) >= 11 is 6.00. The lowest BCUT2D eigenvalue weighted by molar-refractivity contribution is 0.407. The molecular weight excluding hydrogens is 191 g/mol. The van der Waals surface area contributed by atoms with Crippen LogP contribution in [0.1, 0.15) is 24.3 Å². The molecule has 0 aliphatic rings. The highest BCUT2D eigenvalue weighted by Crippen LogP contribution is 2.32. The zero-order valence-corrected chi connectivity index (χ0v) is 8.44. The van der Waals surface area contributed by atoms with Crippen molar-refractivity contribution in [3.8, 4) is 5.75 Å². The molecule has 1 unspecified atom stereocenters. The maximum Gasteiger partial charge on any atom is 0.123 e. The fourth-order valence-corrected chi connectivity index (χ4v) is 1.34. The third-order valence-electron chi connectivity index (χ3n) is 1.89. The van der Waals surface area contributed by atoms with Gasteiger partial charge in [-0.2, -0.15) is 0 Å². The van der Waals surface area contributed by atoms with Gasteiger partial charge in [-0.05, 0) is 24.6 Å². The summed E-state index contributed by atoms with van der Waals surface area (Å²) < 4.78 is 17.9. The van der Waals surface area contributed by atoms with Crippen LogP contribution in [0.4, 0.5) is 4.39 Å². The fraction of sp³-hybridized carbons (Fsp3) is 0.400. The molecule has 1 aromatic carbocycles. The first-order valence-corrected chi connectivity index (χ1v) is 4.60. The Balaban J connectivity index is 3.07. The highest BCUT2D eigenvalue weighted by molar-refractivity contribution is 6.21. The van der Waals surface area contributed by atoms with Crippen LogP contribution in [0.5, 0.6) is 5.75 Å². The number of hydrogen-bond donors (Lipinski definition) is 0. The van der Waals surface area contributed by atoms with Gasteiger partial charge in [0.2, 0.25) is 0 Å². The van der Waals surface area contributed by atoms with Crippen molar-refractivity contribution in [1.82, 2.24) is 0 Å². The lowest BCUT2D eigenvalue weighted by Gasteiger charge is -2.11. The van der Waals surface area contributed by atoms with Gasteiger partial charge in [-0.15, -0.1) is 11.6 Å². The molecule has 0 spiro atoms. The van der Waals surface area contributed by atoms with E-state index < -0.39 is 0 Å². The van der Waals surface area contributed by atoms with E-state index in [0.29, 0.717) is 11.3 Å². The number of halogens is 2. The number of hydrogen-bond acceptors (Lipinski definition) is 1. The Morgan fingerprint density at radius 2 is 2.23 bits per heavy atom. The SMILES string of the molecule is CCC(Cl)c1cc(F)ccc1OC. The van der Waals surface area contributed by atoms with Crippen LogP contribution in [0.3, 0.4) is 0 Å². The van der Waals surface area contributed by atoms with Crippen molar-refractivity contribution in [2.45, 2.75) is 18.7 Å². The van der Waals surface area contributed by atoms with Gasteiger partial charge in [0.25, 0.3) is 0 Å². The van der Waals surface area contributed by atoms with Crippen LogP contribution in [0.2, 0.25) is 0 Å². The zero-order chi connectivity index (χ0) is 9.84. The highest BCUT2D eigenvalue weighted by Gasteiger charge is 2.12. The number of benzene rings is 1. The van der Waals surface area contributed by atoms with Crippen LogP contribution < -0.4 is 4.74 Å². The molecule has 1 rings (SSSR count). The summed E-state index contributed by atoms with van der Waals surface area (Å²) in [4.78, 5) is 0. The smallest absolute Gasteiger partial charge is 0.123 e. The molecule has 1 atom stereocenters. The summed E-state index contributed by atoms with van der Waals surface area (Å²) in [5.41, 5.74) is 0.715. The van der Waals surface area contributed by atoms with E-state index in [0.717, 1.165) is 6.42 Å². The molecule has 0 saturated heterocycles. The van der Waals surface area contributed by atoms with Crippen LogP contribution in [0.15, 0.2) is 18.2 Å². The van der Waals surface area contributed by atoms with Crippen LogP contribution in [0, 0.1) is 5.82 Å². The van der Waals surface area contributed by atoms with Crippen molar-refractivity contribution in [3.63, 3.8) is 0 Å².